The first-order valence-corrected chi connectivity index (χ1v) is 52.5. The van der Waals surface area contributed by atoms with E-state index in [0.29, 0.717) is 171 Å². The van der Waals surface area contributed by atoms with Crippen LogP contribution in [0.5, 0.6) is 0 Å². The molecule has 5 heterocycles. The zero-order chi connectivity index (χ0) is 102. The van der Waals surface area contributed by atoms with Crippen molar-refractivity contribution in [3.63, 3.8) is 0 Å². The SMILES string of the molecule is CCN(c1ccc(C2(C(=O)O)CCC2)cc1NC(=O)Cc1ccc(C)cc1F)C1CCOCC1.Cc1ccc(CC(=O)Nc2cc(C3(C(=O)O)CCC3)ccc2N(CC(C)C)C2CCOCC2)c(F)c1.Cc1ccc(CC(=O)Nc2cc(C3(C(=O)O)CCC3)ccc2N(CC(C)C)C2CCS(=O)(=O)CC2)c(F)c1.Cc1coc(CC(=O)Nc2cc(C3(C(=O)O)CCC3)ccc2N(CC(C)C)C2CCOCC2)c1. The van der Waals surface area contributed by atoms with E-state index in [1.807, 2.05) is 86.6 Å². The third-order valence-electron chi connectivity index (χ3n) is 29.7. The second kappa shape index (κ2) is 47.7. The Morgan fingerprint density at radius 3 is 0.852 bits per heavy atom. The van der Waals surface area contributed by atoms with Gasteiger partial charge in [-0.05, 0) is 289 Å². The highest BCUT2D eigenvalue weighted by Gasteiger charge is 2.51. The van der Waals surface area contributed by atoms with Crippen molar-refractivity contribution in [2.45, 2.75) is 276 Å². The molecule has 30 heteroatoms. The summed E-state index contributed by atoms with van der Waals surface area (Å²) in [6.45, 7) is 29.5. The summed E-state index contributed by atoms with van der Waals surface area (Å²) >= 11 is 0. The number of amides is 4. The number of hydrogen-bond acceptors (Lipinski definition) is 18. The number of benzene rings is 7. The first kappa shape index (κ1) is 108. The Kier molecular flexibility index (Phi) is 36.2. The third-order valence-corrected chi connectivity index (χ3v) is 31.4. The quantitative estimate of drug-likeness (QED) is 0.0183. The number of nitrogens with zero attached hydrogens (tertiary/aromatic N) is 4. The van der Waals surface area contributed by atoms with E-state index in [0.717, 1.165) is 148 Å². The van der Waals surface area contributed by atoms with Crippen molar-refractivity contribution >= 4 is 103 Å². The zero-order valence-electron chi connectivity index (χ0n) is 84.1. The number of carboxylic acid groups (broad SMARTS) is 4. The summed E-state index contributed by atoms with van der Waals surface area (Å²) in [6.07, 6.45) is 15.8. The summed E-state index contributed by atoms with van der Waals surface area (Å²) in [4.78, 5) is 110. The summed E-state index contributed by atoms with van der Waals surface area (Å²) in [6, 6.07) is 39.7. The van der Waals surface area contributed by atoms with Gasteiger partial charge < -0.3 is 79.9 Å². The molecule has 1 aromatic heterocycles. The van der Waals surface area contributed by atoms with Crippen LogP contribution in [0.15, 0.2) is 144 Å². The molecule has 26 nitrogen and oxygen atoms in total. The molecule has 4 saturated heterocycles. The predicted octanol–water partition coefficient (Wildman–Crippen LogP) is 20.1. The highest BCUT2D eigenvalue weighted by atomic mass is 32.2. The van der Waals surface area contributed by atoms with Crippen LogP contribution < -0.4 is 40.9 Å². The molecular formula is C112H143F3N8O18S. The molecule has 0 radical (unpaired) electrons. The number of hydrogen-bond donors (Lipinski definition) is 8. The van der Waals surface area contributed by atoms with Gasteiger partial charge in [0.05, 0.1) is 111 Å². The van der Waals surface area contributed by atoms with Crippen molar-refractivity contribution < 1.29 is 99.0 Å². The van der Waals surface area contributed by atoms with Crippen molar-refractivity contribution in [2.24, 2.45) is 17.8 Å². The van der Waals surface area contributed by atoms with Gasteiger partial charge in [0, 0.05) is 90.0 Å². The number of aryl methyl sites for hydroxylation is 4. The highest BCUT2D eigenvalue weighted by Crippen LogP contribution is 2.52. The molecule has 142 heavy (non-hydrogen) atoms. The highest BCUT2D eigenvalue weighted by molar-refractivity contribution is 7.91. The van der Waals surface area contributed by atoms with Crippen LogP contribution >= 0.6 is 0 Å². The topological polar surface area (TPSA) is 354 Å². The minimum Gasteiger partial charge on any atom is -0.481 e. The standard InChI is InChI=1S/C29H37FN2O5S.C29H37FN2O4.C27H33FN2O4.C27H36N2O5/c1-19(2)18-32(23-9-13-38(36,37)14-10-23)26-8-7-22(29(28(34)35)11-4-12-29)17-25(26)31-27(33)16-21-6-5-20(3)15-24(21)30;1-19(2)18-32(23-9-13-36-14-10-23)26-8-7-22(29(28(34)35)11-4-12-29)17-25(26)31-27(33)16-21-6-5-20(3)15-24(21)30;1-3-30(21-9-13-34-14-10-21)24-8-7-20(27(26(32)33)11-4-12-27)17-23(24)29-25(31)16-19-6-5-18(2)15-22(19)28;1-18(2)16-29(21-7-11-33-12-8-21)24-6-5-20(27(26(31)32)9-4-10-27)14-23(24)28-25(30)15-22-13-19(3)17-34-22/h5-8,15,17,19,23H,4,9-14,16,18H2,1-3H3,(H,31,33)(H,34,35);5-8,15,17,19,23H,4,9-14,16,18H2,1-3H3,(H,31,33)(H,34,35);5-8,15,17,21H,3-4,9-14,16H2,1-2H3,(H,29,31)(H,32,33);5-6,13-14,17-18,21H,4,7-12,15-16H2,1-3H3,(H,28,30)(H,31,32). The first-order chi connectivity index (χ1) is 67.7. The Labute approximate surface area is 833 Å². The van der Waals surface area contributed by atoms with Crippen LogP contribution in [0.3, 0.4) is 0 Å². The fourth-order valence-corrected chi connectivity index (χ4v) is 22.6. The number of furan rings is 1. The largest absolute Gasteiger partial charge is 0.481 e. The molecule has 8 aliphatic rings. The summed E-state index contributed by atoms with van der Waals surface area (Å²) in [5, 5.41) is 52.0. The molecule has 0 atom stereocenters. The number of sulfone groups is 1. The molecule has 0 unspecified atom stereocenters. The van der Waals surface area contributed by atoms with Crippen molar-refractivity contribution in [3.8, 4) is 0 Å². The molecule has 766 valence electrons. The smallest absolute Gasteiger partial charge is 0.314 e. The van der Waals surface area contributed by atoms with Gasteiger partial charge in [-0.2, -0.15) is 0 Å². The molecule has 8 N–H and O–H groups in total. The molecule has 8 aromatic rings. The number of carbonyl (C=O) groups excluding carboxylic acids is 4. The van der Waals surface area contributed by atoms with Gasteiger partial charge in [-0.15, -0.1) is 0 Å². The fraction of sp³-hybridized carbons (Fsp3) is 0.518. The van der Waals surface area contributed by atoms with E-state index in [2.05, 4.69) is 89.3 Å². The normalized spacial score (nSPS) is 17.9. The van der Waals surface area contributed by atoms with E-state index < -0.39 is 78.7 Å². The molecule has 4 aliphatic heterocycles. The van der Waals surface area contributed by atoms with E-state index in [1.165, 1.54) is 18.2 Å². The van der Waals surface area contributed by atoms with Gasteiger partial charge in [-0.3, -0.25) is 38.4 Å². The van der Waals surface area contributed by atoms with E-state index >= 15 is 0 Å². The lowest BCUT2D eigenvalue weighted by Crippen LogP contribution is -2.44. The lowest BCUT2D eigenvalue weighted by Gasteiger charge is -2.40. The Hall–Kier alpha value is -11.6. The van der Waals surface area contributed by atoms with E-state index in [9.17, 15) is 80.4 Å². The molecule has 4 amide bonds. The number of carbonyl (C=O) groups is 8. The van der Waals surface area contributed by atoms with Crippen LogP contribution in [0.4, 0.5) is 58.7 Å². The van der Waals surface area contributed by atoms with Crippen LogP contribution in [0.2, 0.25) is 0 Å². The Morgan fingerprint density at radius 2 is 0.620 bits per heavy atom. The number of aliphatic carboxylic acids is 4. The average molecular weight is 1980 g/mol. The number of ether oxygens (including phenoxy) is 3. The Balaban J connectivity index is 0.000000159. The molecular weight excluding hydrogens is 1830 g/mol. The van der Waals surface area contributed by atoms with Crippen molar-refractivity contribution in [1.29, 1.82) is 0 Å². The van der Waals surface area contributed by atoms with Gasteiger partial charge in [0.15, 0.2) is 0 Å². The monoisotopic (exact) mass is 1980 g/mol. The molecule has 8 fully saturated rings. The lowest BCUT2D eigenvalue weighted by atomic mass is 9.64. The number of carboxylic acids is 4. The molecule has 0 bridgehead atoms. The number of nitrogens with one attached hydrogen (secondary N) is 4. The minimum atomic E-state index is -3.06. The summed E-state index contributed by atoms with van der Waals surface area (Å²) in [5.41, 5.74) is 9.12. The van der Waals surface area contributed by atoms with Gasteiger partial charge in [-0.25, -0.2) is 21.6 Å². The number of anilines is 8. The maximum Gasteiger partial charge on any atom is 0.314 e. The predicted molar refractivity (Wildman–Crippen MR) is 547 cm³/mol. The van der Waals surface area contributed by atoms with E-state index in [4.69, 9.17) is 18.6 Å². The van der Waals surface area contributed by atoms with Crippen LogP contribution in [0.1, 0.15) is 244 Å². The van der Waals surface area contributed by atoms with Gasteiger partial charge >= 0.3 is 23.9 Å². The minimum absolute atomic E-state index is 0.0332. The Bertz CT molecular complexity index is 5910. The van der Waals surface area contributed by atoms with Gasteiger partial charge in [0.25, 0.3) is 0 Å². The second-order valence-corrected chi connectivity index (χ2v) is 43.8. The number of rotatable bonds is 35. The van der Waals surface area contributed by atoms with Gasteiger partial charge in [0.1, 0.15) is 33.0 Å². The molecule has 0 spiro atoms. The van der Waals surface area contributed by atoms with Crippen LogP contribution in [-0.2, 0) is 110 Å². The molecule has 4 saturated carbocycles. The maximum absolute atomic E-state index is 14.5. The van der Waals surface area contributed by atoms with Crippen molar-refractivity contribution in [3.05, 3.63) is 224 Å². The number of halogens is 3. The van der Waals surface area contributed by atoms with E-state index in [-0.39, 0.29) is 84.5 Å². The van der Waals surface area contributed by atoms with Crippen molar-refractivity contribution in [2.75, 3.05) is 118 Å². The van der Waals surface area contributed by atoms with E-state index in [1.54, 1.807) is 62.6 Å². The molecule has 7 aromatic carbocycles. The fourth-order valence-electron chi connectivity index (χ4n) is 21.1. The Morgan fingerprint density at radius 1 is 0.359 bits per heavy atom. The van der Waals surface area contributed by atoms with Gasteiger partial charge in [0.2, 0.25) is 23.6 Å². The average Bonchev–Trinajstić information content (AvgIpc) is 1.11. The van der Waals surface area contributed by atoms with Crippen molar-refractivity contribution in [1.82, 2.24) is 0 Å². The van der Waals surface area contributed by atoms with Crippen LogP contribution in [0, 0.1) is 62.9 Å². The molecule has 16 rings (SSSR count). The summed E-state index contributed by atoms with van der Waals surface area (Å²) in [7, 11) is -3.06. The molecule has 4 aliphatic carbocycles. The van der Waals surface area contributed by atoms with Crippen LogP contribution in [-0.4, -0.2) is 178 Å². The van der Waals surface area contributed by atoms with Gasteiger partial charge in [-0.1, -0.05) is 128 Å². The maximum atomic E-state index is 14.5. The third kappa shape index (κ3) is 26.1. The second-order valence-electron chi connectivity index (χ2n) is 41.5. The zero-order valence-corrected chi connectivity index (χ0v) is 84.9. The summed E-state index contributed by atoms with van der Waals surface area (Å²) < 4.78 is 89.7. The lowest BCUT2D eigenvalue weighted by molar-refractivity contribution is -0.148. The summed E-state index contributed by atoms with van der Waals surface area (Å²) in [5.74, 6) is -3.93. The first-order valence-electron chi connectivity index (χ1n) is 50.7. The van der Waals surface area contributed by atoms with Crippen LogP contribution in [0.25, 0.3) is 0 Å².